The molecule has 0 radical (unpaired) electrons. The molecule has 0 aliphatic carbocycles. The molecule has 1 nitrogen and oxygen atoms in total. The molecule has 1 heteroatoms. The molecule has 0 saturated heterocycles. The molecule has 2 aromatic rings. The summed E-state index contributed by atoms with van der Waals surface area (Å²) in [6.45, 7) is 2.54. The van der Waals surface area contributed by atoms with Gasteiger partial charge in [-0.15, -0.1) is 18.3 Å². The molecular formula is C21H20O. The van der Waals surface area contributed by atoms with Crippen LogP contribution in [0.1, 0.15) is 30.9 Å². The first-order valence-electron chi connectivity index (χ1n) is 7.52. The Balaban J connectivity index is 2.34. The highest BCUT2D eigenvalue weighted by Crippen LogP contribution is 2.33. The van der Waals surface area contributed by atoms with Crippen LogP contribution in [0.25, 0.3) is 0 Å². The molecule has 2 aromatic carbocycles. The first kappa shape index (κ1) is 15.9. The van der Waals surface area contributed by atoms with Crippen molar-refractivity contribution in [2.75, 3.05) is 6.61 Å². The highest BCUT2D eigenvalue weighted by molar-refractivity contribution is 5.44. The summed E-state index contributed by atoms with van der Waals surface area (Å²) in [6.07, 6.45) is 7.44. The number of terminal acetylenes is 1. The van der Waals surface area contributed by atoms with E-state index in [1.807, 2.05) is 67.6 Å². The van der Waals surface area contributed by atoms with Gasteiger partial charge in [0.05, 0.1) is 6.61 Å². The molecular weight excluding hydrogens is 268 g/mol. The lowest BCUT2D eigenvalue weighted by Gasteiger charge is -2.29. The topological polar surface area (TPSA) is 9.23 Å². The van der Waals surface area contributed by atoms with E-state index >= 15 is 0 Å². The van der Waals surface area contributed by atoms with Gasteiger partial charge in [0.2, 0.25) is 0 Å². The van der Waals surface area contributed by atoms with Crippen molar-refractivity contribution in [2.45, 2.75) is 25.4 Å². The van der Waals surface area contributed by atoms with Crippen LogP contribution in [0.5, 0.6) is 0 Å². The van der Waals surface area contributed by atoms with Crippen LogP contribution in [-0.4, -0.2) is 6.61 Å². The molecule has 0 atom stereocenters. The van der Waals surface area contributed by atoms with Crippen molar-refractivity contribution in [2.24, 2.45) is 0 Å². The van der Waals surface area contributed by atoms with Gasteiger partial charge in [0.1, 0.15) is 0 Å². The molecule has 110 valence electrons. The normalized spacial score (nSPS) is 10.4. The highest BCUT2D eigenvalue weighted by atomic mass is 16.5. The minimum atomic E-state index is -0.865. The second-order valence-corrected chi connectivity index (χ2v) is 4.86. The number of benzene rings is 2. The van der Waals surface area contributed by atoms with Crippen LogP contribution in [0.2, 0.25) is 0 Å². The Kier molecular flexibility index (Phi) is 5.84. The number of hydrogen-bond donors (Lipinski definition) is 0. The Morgan fingerprint density at radius 1 is 0.909 bits per heavy atom. The van der Waals surface area contributed by atoms with E-state index in [1.165, 1.54) is 0 Å². The maximum atomic E-state index is 6.16. The van der Waals surface area contributed by atoms with Gasteiger partial charge in [-0.1, -0.05) is 73.5 Å². The third-order valence-corrected chi connectivity index (χ3v) is 3.41. The summed E-state index contributed by atoms with van der Waals surface area (Å²) >= 11 is 0. The average molecular weight is 288 g/mol. The van der Waals surface area contributed by atoms with Crippen molar-refractivity contribution < 1.29 is 4.74 Å². The number of hydrogen-bond acceptors (Lipinski definition) is 1. The van der Waals surface area contributed by atoms with Crippen LogP contribution in [0.15, 0.2) is 60.7 Å². The lowest BCUT2D eigenvalue weighted by Crippen LogP contribution is -2.30. The Hall–Kier alpha value is -2.48. The molecule has 0 aliphatic rings. The Morgan fingerprint density at radius 3 is 1.91 bits per heavy atom. The summed E-state index contributed by atoms with van der Waals surface area (Å²) in [7, 11) is 0. The fourth-order valence-electron chi connectivity index (χ4n) is 2.36. The van der Waals surface area contributed by atoms with Gasteiger partial charge in [-0.05, 0) is 0 Å². The number of ether oxygens (including phenoxy) is 1. The zero-order valence-electron chi connectivity index (χ0n) is 12.9. The van der Waals surface area contributed by atoms with Gasteiger partial charge >= 0.3 is 0 Å². The predicted molar refractivity (Wildman–Crippen MR) is 91.1 cm³/mol. The smallest absolute Gasteiger partial charge is 0.179 e. The fraction of sp³-hybridized carbons (Fsp3) is 0.238. The zero-order valence-corrected chi connectivity index (χ0v) is 12.9. The van der Waals surface area contributed by atoms with Gasteiger partial charge in [0, 0.05) is 24.0 Å². The van der Waals surface area contributed by atoms with Gasteiger partial charge in [-0.2, -0.15) is 0 Å². The molecule has 0 aliphatic heterocycles. The molecule has 0 bridgehead atoms. The van der Waals surface area contributed by atoms with Crippen LogP contribution >= 0.6 is 0 Å². The van der Waals surface area contributed by atoms with Crippen LogP contribution < -0.4 is 0 Å². The molecule has 0 heterocycles. The summed E-state index contributed by atoms with van der Waals surface area (Å²) in [4.78, 5) is 0. The number of rotatable bonds is 5. The molecule has 0 saturated carbocycles. The molecule has 0 unspecified atom stereocenters. The minimum absolute atomic E-state index is 0.501. The standard InChI is InChI=1S/C21H20O/c1-3-5-6-13-18-22-21(4-2,19-14-9-7-10-15-19)20-16-11-8-12-17-20/h2,7-12,14-17H,3,13,18H2,1H3. The second kappa shape index (κ2) is 8.08. The summed E-state index contributed by atoms with van der Waals surface area (Å²) < 4.78 is 6.16. The van der Waals surface area contributed by atoms with Gasteiger partial charge in [-0.25, -0.2) is 0 Å². The molecule has 0 amide bonds. The third-order valence-electron chi connectivity index (χ3n) is 3.41. The lowest BCUT2D eigenvalue weighted by atomic mass is 9.87. The van der Waals surface area contributed by atoms with Crippen LogP contribution in [0.4, 0.5) is 0 Å². The van der Waals surface area contributed by atoms with E-state index in [1.54, 1.807) is 0 Å². The third kappa shape index (κ3) is 3.59. The van der Waals surface area contributed by atoms with Crippen molar-refractivity contribution in [3.05, 3.63) is 71.8 Å². The van der Waals surface area contributed by atoms with E-state index in [4.69, 9.17) is 11.2 Å². The fourth-order valence-corrected chi connectivity index (χ4v) is 2.36. The van der Waals surface area contributed by atoms with Crippen molar-refractivity contribution in [1.82, 2.24) is 0 Å². The Morgan fingerprint density at radius 2 is 1.45 bits per heavy atom. The maximum absolute atomic E-state index is 6.16. The van der Waals surface area contributed by atoms with E-state index < -0.39 is 5.60 Å². The van der Waals surface area contributed by atoms with Gasteiger partial charge in [0.25, 0.3) is 0 Å². The maximum Gasteiger partial charge on any atom is 0.179 e. The van der Waals surface area contributed by atoms with Crippen LogP contribution in [0.3, 0.4) is 0 Å². The molecule has 22 heavy (non-hydrogen) atoms. The average Bonchev–Trinajstić information content (AvgIpc) is 2.60. The first-order valence-corrected chi connectivity index (χ1v) is 7.52. The van der Waals surface area contributed by atoms with E-state index in [9.17, 15) is 0 Å². The second-order valence-electron chi connectivity index (χ2n) is 4.86. The summed E-state index contributed by atoms with van der Waals surface area (Å²) in [5, 5.41) is 0. The van der Waals surface area contributed by atoms with E-state index in [0.29, 0.717) is 13.0 Å². The Bertz CT molecular complexity index is 629. The minimum Gasteiger partial charge on any atom is -0.353 e. The van der Waals surface area contributed by atoms with E-state index in [0.717, 1.165) is 17.5 Å². The van der Waals surface area contributed by atoms with Crippen molar-refractivity contribution in [1.29, 1.82) is 0 Å². The molecule has 0 fully saturated rings. The molecule has 0 aromatic heterocycles. The zero-order chi connectivity index (χ0) is 15.7. The quantitative estimate of drug-likeness (QED) is 0.586. The lowest BCUT2D eigenvalue weighted by molar-refractivity contribution is 0.0303. The van der Waals surface area contributed by atoms with Gasteiger partial charge < -0.3 is 4.74 Å². The monoisotopic (exact) mass is 288 g/mol. The molecule has 0 spiro atoms. The molecule has 0 N–H and O–H groups in total. The molecule has 2 rings (SSSR count). The van der Waals surface area contributed by atoms with Crippen LogP contribution in [0, 0.1) is 24.2 Å². The van der Waals surface area contributed by atoms with Gasteiger partial charge in [-0.3, -0.25) is 0 Å². The Labute approximate surface area is 133 Å². The largest absolute Gasteiger partial charge is 0.353 e. The SMILES string of the molecule is C#CC(OCCC#CCC)(c1ccccc1)c1ccccc1. The highest BCUT2D eigenvalue weighted by Gasteiger charge is 2.32. The summed E-state index contributed by atoms with van der Waals surface area (Å²) in [5.41, 5.74) is 1.07. The van der Waals surface area contributed by atoms with Crippen molar-refractivity contribution in [3.63, 3.8) is 0 Å². The van der Waals surface area contributed by atoms with Crippen LogP contribution in [-0.2, 0) is 10.3 Å². The van der Waals surface area contributed by atoms with Gasteiger partial charge in [0.15, 0.2) is 5.60 Å². The summed E-state index contributed by atoms with van der Waals surface area (Å²) in [6, 6.07) is 19.9. The van der Waals surface area contributed by atoms with Crippen molar-refractivity contribution in [3.8, 4) is 24.2 Å². The predicted octanol–water partition coefficient (Wildman–Crippen LogP) is 4.38. The van der Waals surface area contributed by atoms with Crippen molar-refractivity contribution >= 4 is 0 Å². The van der Waals surface area contributed by atoms with E-state index in [2.05, 4.69) is 17.8 Å². The first-order chi connectivity index (χ1) is 10.8. The van der Waals surface area contributed by atoms with E-state index in [-0.39, 0.29) is 0 Å². The summed E-state index contributed by atoms with van der Waals surface area (Å²) in [5.74, 6) is 9.01.